The van der Waals surface area contributed by atoms with Crippen molar-refractivity contribution in [2.45, 2.75) is 66.7 Å². The topological polar surface area (TPSA) is 0 Å². The molecule has 7 unspecified atom stereocenters. The maximum atomic E-state index is 4.46. The summed E-state index contributed by atoms with van der Waals surface area (Å²) in [5.41, 5.74) is 5.26. The number of hydrogen-bond acceptors (Lipinski definition) is 0. The Kier molecular flexibility index (Phi) is 3.64. The van der Waals surface area contributed by atoms with Gasteiger partial charge in [0.1, 0.15) is 0 Å². The average Bonchev–Trinajstić information content (AvgIpc) is 2.77. The predicted octanol–water partition coefficient (Wildman–Crippen LogP) is 7.11. The summed E-state index contributed by atoms with van der Waals surface area (Å²) in [5, 5.41) is 0. The lowest BCUT2D eigenvalue weighted by molar-refractivity contribution is -0.0538. The molecule has 0 saturated heterocycles. The first kappa shape index (κ1) is 17.4. The third-order valence-electron chi connectivity index (χ3n) is 9.71. The van der Waals surface area contributed by atoms with E-state index in [1.807, 2.05) is 0 Å². The molecule has 0 aromatic heterocycles. The first-order valence-electron chi connectivity index (χ1n) is 10.4. The second-order valence-corrected chi connectivity index (χ2v) is 10.4. The first-order valence-corrected chi connectivity index (χ1v) is 10.4. The number of allylic oxidation sites excluding steroid dienone is 6. The van der Waals surface area contributed by atoms with Crippen LogP contribution in [0, 0.1) is 39.9 Å². The lowest BCUT2D eigenvalue weighted by Crippen LogP contribution is -2.51. The van der Waals surface area contributed by atoms with Gasteiger partial charge in [-0.25, -0.2) is 0 Å². The van der Waals surface area contributed by atoms with Gasteiger partial charge in [-0.15, -0.1) is 0 Å². The third-order valence-corrected chi connectivity index (χ3v) is 9.71. The molecule has 136 valence electrons. The van der Waals surface area contributed by atoms with Crippen LogP contribution in [0.5, 0.6) is 0 Å². The zero-order valence-corrected chi connectivity index (χ0v) is 17.0. The zero-order valence-electron chi connectivity index (χ0n) is 17.0. The summed E-state index contributed by atoms with van der Waals surface area (Å²) < 4.78 is 0. The van der Waals surface area contributed by atoms with Gasteiger partial charge in [0, 0.05) is 5.41 Å². The van der Waals surface area contributed by atoms with Crippen molar-refractivity contribution in [2.75, 3.05) is 0 Å². The van der Waals surface area contributed by atoms with Crippen molar-refractivity contribution in [3.8, 4) is 0 Å². The number of fused-ring (bicyclic) bond motifs is 5. The highest BCUT2D eigenvalue weighted by Crippen LogP contribution is 2.72. The molecule has 0 aromatic rings. The maximum Gasteiger partial charge on any atom is 0.0100 e. The molecule has 0 aromatic carbocycles. The molecule has 4 aliphatic rings. The summed E-state index contributed by atoms with van der Waals surface area (Å²) >= 11 is 0. The van der Waals surface area contributed by atoms with Crippen LogP contribution in [-0.4, -0.2) is 0 Å². The van der Waals surface area contributed by atoms with Crippen LogP contribution in [0.15, 0.2) is 48.1 Å². The van der Waals surface area contributed by atoms with E-state index >= 15 is 0 Å². The zero-order chi connectivity index (χ0) is 18.2. The van der Waals surface area contributed by atoms with Crippen molar-refractivity contribution < 1.29 is 0 Å². The highest BCUT2D eigenvalue weighted by molar-refractivity contribution is 5.43. The van der Waals surface area contributed by atoms with Gasteiger partial charge in [0.2, 0.25) is 0 Å². The van der Waals surface area contributed by atoms with Crippen LogP contribution < -0.4 is 0 Å². The Morgan fingerprint density at radius 3 is 2.56 bits per heavy atom. The molecule has 4 rings (SSSR count). The van der Waals surface area contributed by atoms with Gasteiger partial charge < -0.3 is 0 Å². The minimum atomic E-state index is 0.275. The highest BCUT2D eigenvalue weighted by Gasteiger charge is 2.64. The fraction of sp³-hybridized carbons (Fsp3) is 0.680. The lowest BCUT2D eigenvalue weighted by Gasteiger charge is -2.59. The summed E-state index contributed by atoms with van der Waals surface area (Å²) in [4.78, 5) is 0. The smallest absolute Gasteiger partial charge is 0.0100 e. The molecule has 3 fully saturated rings. The van der Waals surface area contributed by atoms with E-state index in [1.165, 1.54) is 43.3 Å². The fourth-order valence-electron chi connectivity index (χ4n) is 7.76. The number of hydrogen-bond donors (Lipinski definition) is 0. The Hall–Kier alpha value is -1.04. The van der Waals surface area contributed by atoms with Crippen LogP contribution in [-0.2, 0) is 0 Å². The minimum Gasteiger partial charge on any atom is -0.0996 e. The largest absolute Gasteiger partial charge is 0.0996 e. The van der Waals surface area contributed by atoms with E-state index in [1.54, 1.807) is 5.57 Å². The molecule has 4 aliphatic carbocycles. The highest BCUT2D eigenvalue weighted by atomic mass is 14.7. The van der Waals surface area contributed by atoms with Crippen LogP contribution in [0.4, 0.5) is 0 Å². The Balaban J connectivity index is 1.74. The standard InChI is InChI=1S/C25H36/c1-16(2)25(7)18(4)15-22-20-9-8-19-14-17(3)10-12-23(19,5)21(20)11-13-24(22,25)6/h10,12,14,18,20-22H,1,3,8-9,11,13,15H2,2,4-7H3. The Morgan fingerprint density at radius 1 is 1.16 bits per heavy atom. The van der Waals surface area contributed by atoms with Gasteiger partial charge in [-0.3, -0.25) is 0 Å². The van der Waals surface area contributed by atoms with E-state index in [2.05, 4.69) is 66.0 Å². The average molecular weight is 337 g/mol. The van der Waals surface area contributed by atoms with Crippen molar-refractivity contribution in [1.82, 2.24) is 0 Å². The van der Waals surface area contributed by atoms with E-state index in [9.17, 15) is 0 Å². The predicted molar refractivity (Wildman–Crippen MR) is 108 cm³/mol. The van der Waals surface area contributed by atoms with Gasteiger partial charge in [-0.05, 0) is 79.1 Å². The maximum absolute atomic E-state index is 4.46. The fourth-order valence-corrected chi connectivity index (χ4v) is 7.76. The van der Waals surface area contributed by atoms with Crippen LogP contribution >= 0.6 is 0 Å². The Bertz CT molecular complexity index is 691. The number of rotatable bonds is 1. The molecule has 0 nitrogen and oxygen atoms in total. The van der Waals surface area contributed by atoms with E-state index in [0.717, 1.165) is 23.7 Å². The monoisotopic (exact) mass is 336 g/mol. The molecule has 25 heavy (non-hydrogen) atoms. The second-order valence-electron chi connectivity index (χ2n) is 10.4. The van der Waals surface area contributed by atoms with E-state index in [-0.39, 0.29) is 5.41 Å². The van der Waals surface area contributed by atoms with E-state index in [0.29, 0.717) is 10.8 Å². The van der Waals surface area contributed by atoms with Crippen LogP contribution in [0.2, 0.25) is 0 Å². The molecule has 3 saturated carbocycles. The van der Waals surface area contributed by atoms with Gasteiger partial charge in [0.15, 0.2) is 0 Å². The molecular formula is C25H36. The van der Waals surface area contributed by atoms with Gasteiger partial charge in [-0.2, -0.15) is 0 Å². The quantitative estimate of drug-likeness (QED) is 0.448. The van der Waals surface area contributed by atoms with Crippen LogP contribution in [0.1, 0.15) is 66.7 Å². The molecule has 0 amide bonds. The first-order chi connectivity index (χ1) is 11.6. The van der Waals surface area contributed by atoms with Crippen molar-refractivity contribution in [2.24, 2.45) is 39.9 Å². The minimum absolute atomic E-state index is 0.275. The van der Waals surface area contributed by atoms with Crippen LogP contribution in [0.25, 0.3) is 0 Å². The SMILES string of the molecule is C=C1C=CC2(C)C(=C1)CCC1C2CCC2(C)C1CC(C)C2(C)C(=C)C. The van der Waals surface area contributed by atoms with Gasteiger partial charge in [-0.1, -0.05) is 70.2 Å². The molecule has 0 N–H and O–H groups in total. The normalized spacial score (nSPS) is 51.4. The van der Waals surface area contributed by atoms with Gasteiger partial charge >= 0.3 is 0 Å². The Morgan fingerprint density at radius 2 is 1.88 bits per heavy atom. The lowest BCUT2D eigenvalue weighted by atomic mass is 9.45. The van der Waals surface area contributed by atoms with Gasteiger partial charge in [0.25, 0.3) is 0 Å². The molecule has 7 atom stereocenters. The third kappa shape index (κ3) is 2.00. The van der Waals surface area contributed by atoms with Crippen molar-refractivity contribution in [3.05, 3.63) is 48.1 Å². The summed E-state index contributed by atoms with van der Waals surface area (Å²) in [6, 6.07) is 0. The summed E-state index contributed by atoms with van der Waals surface area (Å²) in [7, 11) is 0. The summed E-state index contributed by atoms with van der Waals surface area (Å²) in [5.74, 6) is 3.31. The van der Waals surface area contributed by atoms with E-state index < -0.39 is 0 Å². The molecule has 0 bridgehead atoms. The molecule has 0 aliphatic heterocycles. The summed E-state index contributed by atoms with van der Waals surface area (Å²) in [6.07, 6.45) is 13.9. The molecule has 0 spiro atoms. The van der Waals surface area contributed by atoms with Crippen LogP contribution in [0.3, 0.4) is 0 Å². The molecule has 0 heterocycles. The van der Waals surface area contributed by atoms with Crippen molar-refractivity contribution in [3.63, 3.8) is 0 Å². The second kappa shape index (κ2) is 5.24. The molecule has 0 radical (unpaired) electrons. The molecular weight excluding hydrogens is 300 g/mol. The Labute approximate surface area is 155 Å². The van der Waals surface area contributed by atoms with Crippen molar-refractivity contribution in [1.29, 1.82) is 0 Å². The van der Waals surface area contributed by atoms with E-state index in [4.69, 9.17) is 0 Å². The van der Waals surface area contributed by atoms with Gasteiger partial charge in [0.05, 0.1) is 0 Å². The molecule has 0 heteroatoms. The summed E-state index contributed by atoms with van der Waals surface area (Å²) in [6.45, 7) is 21.1. The van der Waals surface area contributed by atoms with Crippen molar-refractivity contribution >= 4 is 0 Å².